The number of ether oxygens (including phenoxy) is 1. The summed E-state index contributed by atoms with van der Waals surface area (Å²) in [6.45, 7) is 1.95. The van der Waals surface area contributed by atoms with Gasteiger partial charge in [0.05, 0.1) is 18.1 Å². The minimum atomic E-state index is 0.184. The number of hydrogen-bond acceptors (Lipinski definition) is 4. The van der Waals surface area contributed by atoms with Crippen molar-refractivity contribution in [1.82, 2.24) is 9.97 Å². The molecule has 2 unspecified atom stereocenters. The molecule has 1 N–H and O–H groups in total. The Balaban J connectivity index is 2.12. The van der Waals surface area contributed by atoms with Crippen LogP contribution in [0.4, 0.5) is 5.82 Å². The summed E-state index contributed by atoms with van der Waals surface area (Å²) in [6.07, 6.45) is 6.13. The summed E-state index contributed by atoms with van der Waals surface area (Å²) in [6, 6.07) is 0.295. The molecule has 0 aliphatic heterocycles. The Kier molecular flexibility index (Phi) is 4.05. The molecule has 0 aromatic carbocycles. The third kappa shape index (κ3) is 2.80. The minimum absolute atomic E-state index is 0.184. The molecule has 2 atom stereocenters. The monoisotopic (exact) mass is 255 g/mol. The number of anilines is 1. The molecule has 0 amide bonds. The largest absolute Gasteiger partial charge is 0.481 e. The molecule has 5 heteroatoms. The van der Waals surface area contributed by atoms with Crippen molar-refractivity contribution in [3.8, 4) is 5.88 Å². The van der Waals surface area contributed by atoms with Crippen LogP contribution in [0.15, 0.2) is 6.33 Å². The quantitative estimate of drug-likeness (QED) is 0.844. The Morgan fingerprint density at radius 1 is 1.35 bits per heavy atom. The van der Waals surface area contributed by atoms with Gasteiger partial charge in [-0.25, -0.2) is 9.97 Å². The molecule has 0 bridgehead atoms. The summed E-state index contributed by atoms with van der Waals surface area (Å²) in [5.74, 6) is 1.44. The number of rotatable bonds is 3. The first-order valence-electron chi connectivity index (χ1n) is 5.98. The lowest BCUT2D eigenvalue weighted by Gasteiger charge is -2.28. The van der Waals surface area contributed by atoms with Gasteiger partial charge in [-0.15, -0.1) is 11.6 Å². The summed E-state index contributed by atoms with van der Waals surface area (Å²) >= 11 is 6.32. The molecule has 17 heavy (non-hydrogen) atoms. The average molecular weight is 256 g/mol. The van der Waals surface area contributed by atoms with Gasteiger partial charge in [0.1, 0.15) is 12.1 Å². The fourth-order valence-corrected chi connectivity index (χ4v) is 2.55. The van der Waals surface area contributed by atoms with E-state index in [1.54, 1.807) is 7.11 Å². The number of nitrogens with zero attached hydrogens (tertiary/aromatic N) is 2. The number of aromatic nitrogens is 2. The van der Waals surface area contributed by atoms with Gasteiger partial charge >= 0.3 is 0 Å². The zero-order chi connectivity index (χ0) is 12.3. The van der Waals surface area contributed by atoms with Crippen LogP contribution >= 0.6 is 11.6 Å². The minimum Gasteiger partial charge on any atom is -0.481 e. The van der Waals surface area contributed by atoms with Gasteiger partial charge in [-0.05, 0) is 19.8 Å². The van der Waals surface area contributed by atoms with Crippen molar-refractivity contribution in [2.24, 2.45) is 0 Å². The Morgan fingerprint density at radius 3 is 2.82 bits per heavy atom. The Hall–Kier alpha value is -1.03. The Labute approximate surface area is 107 Å². The van der Waals surface area contributed by atoms with Crippen LogP contribution in [0, 0.1) is 6.92 Å². The van der Waals surface area contributed by atoms with Crippen LogP contribution in [0.3, 0.4) is 0 Å². The second-order valence-corrected chi connectivity index (χ2v) is 4.97. The van der Waals surface area contributed by atoms with E-state index >= 15 is 0 Å². The number of methoxy groups -OCH3 is 1. The van der Waals surface area contributed by atoms with Gasteiger partial charge in [-0.1, -0.05) is 12.8 Å². The molecular weight excluding hydrogens is 238 g/mol. The molecule has 1 aliphatic rings. The molecule has 0 saturated heterocycles. The van der Waals surface area contributed by atoms with E-state index < -0.39 is 0 Å². The van der Waals surface area contributed by atoms with Gasteiger partial charge in [-0.3, -0.25) is 0 Å². The SMILES string of the molecule is COc1ncnc(NC2CCCCC2Cl)c1C. The summed E-state index contributed by atoms with van der Waals surface area (Å²) < 4.78 is 5.18. The van der Waals surface area contributed by atoms with Gasteiger partial charge in [0, 0.05) is 6.04 Å². The van der Waals surface area contributed by atoms with Crippen molar-refractivity contribution in [3.63, 3.8) is 0 Å². The van der Waals surface area contributed by atoms with Crippen molar-refractivity contribution in [2.45, 2.75) is 44.0 Å². The Bertz CT molecular complexity index is 386. The second-order valence-electron chi connectivity index (χ2n) is 4.41. The highest BCUT2D eigenvalue weighted by atomic mass is 35.5. The highest BCUT2D eigenvalue weighted by molar-refractivity contribution is 6.21. The van der Waals surface area contributed by atoms with Crippen molar-refractivity contribution in [2.75, 3.05) is 12.4 Å². The maximum Gasteiger partial charge on any atom is 0.221 e. The van der Waals surface area contributed by atoms with Crippen LogP contribution in [0.1, 0.15) is 31.2 Å². The van der Waals surface area contributed by atoms with E-state index in [1.165, 1.54) is 19.2 Å². The second kappa shape index (κ2) is 5.54. The zero-order valence-electron chi connectivity index (χ0n) is 10.2. The zero-order valence-corrected chi connectivity index (χ0v) is 11.0. The van der Waals surface area contributed by atoms with Crippen molar-refractivity contribution < 1.29 is 4.74 Å². The maximum absolute atomic E-state index is 6.32. The number of hydrogen-bond donors (Lipinski definition) is 1. The van der Waals surface area contributed by atoms with Crippen LogP contribution in [-0.4, -0.2) is 28.5 Å². The molecule has 1 heterocycles. The molecule has 4 nitrogen and oxygen atoms in total. The van der Waals surface area contributed by atoms with Crippen LogP contribution in [0.5, 0.6) is 5.88 Å². The van der Waals surface area contributed by atoms with Crippen molar-refractivity contribution >= 4 is 17.4 Å². The lowest BCUT2D eigenvalue weighted by molar-refractivity contribution is 0.393. The third-order valence-corrected chi connectivity index (χ3v) is 3.76. The van der Waals surface area contributed by atoms with Gasteiger partial charge in [0.25, 0.3) is 0 Å². The molecule has 94 valence electrons. The molecule has 0 radical (unpaired) electrons. The number of alkyl halides is 1. The molecular formula is C12H18ClN3O. The molecule has 2 rings (SSSR count). The molecule has 1 aromatic heterocycles. The first-order valence-corrected chi connectivity index (χ1v) is 6.42. The van der Waals surface area contributed by atoms with E-state index in [9.17, 15) is 0 Å². The summed E-state index contributed by atoms with van der Waals surface area (Å²) in [5, 5.41) is 3.59. The summed E-state index contributed by atoms with van der Waals surface area (Å²) in [4.78, 5) is 8.32. The first kappa shape index (κ1) is 12.4. The Morgan fingerprint density at radius 2 is 2.12 bits per heavy atom. The topological polar surface area (TPSA) is 47.0 Å². The fourth-order valence-electron chi connectivity index (χ4n) is 2.21. The molecule has 1 aromatic rings. The van der Waals surface area contributed by atoms with Gasteiger partial charge in [0.15, 0.2) is 0 Å². The standard InChI is InChI=1S/C12H18ClN3O/c1-8-11(14-7-15-12(8)17-2)16-10-6-4-3-5-9(10)13/h7,9-10H,3-6H2,1-2H3,(H,14,15,16). The van der Waals surface area contributed by atoms with Crippen LogP contribution < -0.4 is 10.1 Å². The molecule has 1 fully saturated rings. The van der Waals surface area contributed by atoms with Crippen LogP contribution in [0.2, 0.25) is 0 Å². The smallest absolute Gasteiger partial charge is 0.221 e. The van der Waals surface area contributed by atoms with Crippen LogP contribution in [-0.2, 0) is 0 Å². The van der Waals surface area contributed by atoms with E-state index in [1.807, 2.05) is 6.92 Å². The predicted octanol–water partition coefficient (Wildman–Crippen LogP) is 2.76. The molecule has 1 saturated carbocycles. The van der Waals surface area contributed by atoms with E-state index in [-0.39, 0.29) is 5.38 Å². The maximum atomic E-state index is 6.32. The highest BCUT2D eigenvalue weighted by Gasteiger charge is 2.24. The van der Waals surface area contributed by atoms with Crippen molar-refractivity contribution in [3.05, 3.63) is 11.9 Å². The normalized spacial score (nSPS) is 24.4. The van der Waals surface area contributed by atoms with E-state index in [0.717, 1.165) is 24.2 Å². The third-order valence-electron chi connectivity index (χ3n) is 3.23. The number of nitrogens with one attached hydrogen (secondary N) is 1. The van der Waals surface area contributed by atoms with Gasteiger partial charge in [0.2, 0.25) is 5.88 Å². The van der Waals surface area contributed by atoms with E-state index in [2.05, 4.69) is 15.3 Å². The first-order chi connectivity index (χ1) is 8.22. The predicted molar refractivity (Wildman–Crippen MR) is 68.8 cm³/mol. The average Bonchev–Trinajstić information content (AvgIpc) is 2.34. The lowest BCUT2D eigenvalue weighted by atomic mass is 9.95. The van der Waals surface area contributed by atoms with Gasteiger partial charge in [-0.2, -0.15) is 0 Å². The molecule has 0 spiro atoms. The van der Waals surface area contributed by atoms with E-state index in [0.29, 0.717) is 11.9 Å². The molecule has 1 aliphatic carbocycles. The lowest BCUT2D eigenvalue weighted by Crippen LogP contribution is -2.33. The fraction of sp³-hybridized carbons (Fsp3) is 0.667. The van der Waals surface area contributed by atoms with Gasteiger partial charge < -0.3 is 10.1 Å². The number of halogens is 1. The van der Waals surface area contributed by atoms with E-state index in [4.69, 9.17) is 16.3 Å². The highest BCUT2D eigenvalue weighted by Crippen LogP contribution is 2.28. The van der Waals surface area contributed by atoms with Crippen LogP contribution in [0.25, 0.3) is 0 Å². The summed E-state index contributed by atoms with van der Waals surface area (Å²) in [7, 11) is 1.62. The summed E-state index contributed by atoms with van der Waals surface area (Å²) in [5.41, 5.74) is 0.935. The van der Waals surface area contributed by atoms with Crippen molar-refractivity contribution in [1.29, 1.82) is 0 Å².